The molecule has 1 nitrogen and oxygen atoms in total. The smallest absolute Gasteiger partial charge is 0.0961 e. The molecule has 2 heteroatoms. The zero-order valence-electron chi connectivity index (χ0n) is 7.07. The maximum atomic E-state index is 4.46. The van der Waals surface area contributed by atoms with E-state index in [1.165, 1.54) is 30.7 Å². The monoisotopic (exact) mass is 179 g/mol. The number of hydrogen-bond acceptors (Lipinski definition) is 2. The predicted molar refractivity (Wildman–Crippen MR) is 50.3 cm³/mol. The highest BCUT2D eigenvalue weighted by molar-refractivity contribution is 7.09. The molecule has 3 rings (SSSR count). The Bertz CT molecular complexity index is 247. The number of aromatic nitrogens is 1. The molecule has 0 aliphatic heterocycles. The van der Waals surface area contributed by atoms with Crippen LogP contribution in [0, 0.1) is 11.8 Å². The van der Waals surface area contributed by atoms with Gasteiger partial charge in [-0.1, -0.05) is 0 Å². The van der Waals surface area contributed by atoms with Crippen LogP contribution in [0.1, 0.15) is 36.6 Å². The lowest BCUT2D eigenvalue weighted by molar-refractivity contribution is 0.535. The standard InChI is InChI=1S/C10H13NS/c1-2-7(1)9(8-3-4-8)10-11-5-6-12-10/h5-9H,1-4H2. The molecule has 0 amide bonds. The minimum Gasteiger partial charge on any atom is -0.249 e. The van der Waals surface area contributed by atoms with Crippen molar-refractivity contribution in [2.45, 2.75) is 31.6 Å². The summed E-state index contributed by atoms with van der Waals surface area (Å²) in [7, 11) is 0. The van der Waals surface area contributed by atoms with Gasteiger partial charge in [0.25, 0.3) is 0 Å². The Morgan fingerprint density at radius 1 is 1.25 bits per heavy atom. The Morgan fingerprint density at radius 2 is 1.92 bits per heavy atom. The second-order valence-corrected chi connectivity index (χ2v) is 5.00. The first kappa shape index (κ1) is 7.07. The van der Waals surface area contributed by atoms with Gasteiger partial charge in [-0.3, -0.25) is 0 Å². The normalized spacial score (nSPS) is 23.4. The van der Waals surface area contributed by atoms with Crippen molar-refractivity contribution in [2.24, 2.45) is 11.8 Å². The minimum absolute atomic E-state index is 0.852. The van der Waals surface area contributed by atoms with E-state index in [9.17, 15) is 0 Å². The van der Waals surface area contributed by atoms with Crippen molar-refractivity contribution in [2.75, 3.05) is 0 Å². The van der Waals surface area contributed by atoms with E-state index in [0.29, 0.717) is 0 Å². The lowest BCUT2D eigenvalue weighted by Crippen LogP contribution is -2.02. The largest absolute Gasteiger partial charge is 0.249 e. The first-order valence-electron chi connectivity index (χ1n) is 4.84. The van der Waals surface area contributed by atoms with Crippen LogP contribution in [-0.4, -0.2) is 4.98 Å². The average Bonchev–Trinajstić information content (AvgIpc) is 2.95. The summed E-state index contributed by atoms with van der Waals surface area (Å²) >= 11 is 1.86. The summed E-state index contributed by atoms with van der Waals surface area (Å²) in [5, 5.41) is 3.53. The number of thiazole rings is 1. The Hall–Kier alpha value is -0.370. The highest BCUT2D eigenvalue weighted by Crippen LogP contribution is 2.54. The topological polar surface area (TPSA) is 12.9 Å². The van der Waals surface area contributed by atoms with Crippen molar-refractivity contribution in [3.05, 3.63) is 16.6 Å². The van der Waals surface area contributed by atoms with Gasteiger partial charge in [0.2, 0.25) is 0 Å². The zero-order chi connectivity index (χ0) is 7.97. The molecule has 0 spiro atoms. The van der Waals surface area contributed by atoms with Gasteiger partial charge in [-0.2, -0.15) is 0 Å². The quantitative estimate of drug-likeness (QED) is 0.695. The SMILES string of the molecule is c1csc(C(C2CC2)C2CC2)n1. The molecule has 1 aromatic heterocycles. The first-order valence-corrected chi connectivity index (χ1v) is 5.72. The van der Waals surface area contributed by atoms with Crippen LogP contribution in [-0.2, 0) is 0 Å². The third-order valence-corrected chi connectivity index (χ3v) is 3.87. The van der Waals surface area contributed by atoms with Crippen LogP contribution < -0.4 is 0 Å². The van der Waals surface area contributed by atoms with E-state index in [0.717, 1.165) is 17.8 Å². The van der Waals surface area contributed by atoms with Gasteiger partial charge in [0.05, 0.1) is 5.01 Å². The molecule has 1 aromatic rings. The van der Waals surface area contributed by atoms with Crippen molar-refractivity contribution in [3.8, 4) is 0 Å². The van der Waals surface area contributed by atoms with E-state index in [1.54, 1.807) is 0 Å². The number of hydrogen-bond donors (Lipinski definition) is 0. The van der Waals surface area contributed by atoms with Gasteiger partial charge in [-0.05, 0) is 37.5 Å². The van der Waals surface area contributed by atoms with E-state index in [1.807, 2.05) is 17.5 Å². The van der Waals surface area contributed by atoms with E-state index in [4.69, 9.17) is 0 Å². The second-order valence-electron chi connectivity index (χ2n) is 4.07. The molecule has 0 atom stereocenters. The van der Waals surface area contributed by atoms with Crippen molar-refractivity contribution in [1.29, 1.82) is 0 Å². The summed E-state index contributed by atoms with van der Waals surface area (Å²) < 4.78 is 0. The fourth-order valence-corrected chi connectivity index (χ4v) is 3.02. The molecule has 2 aliphatic carbocycles. The van der Waals surface area contributed by atoms with Crippen LogP contribution in [0.15, 0.2) is 11.6 Å². The van der Waals surface area contributed by atoms with Crippen molar-refractivity contribution in [1.82, 2.24) is 4.98 Å². The maximum absolute atomic E-state index is 4.46. The van der Waals surface area contributed by atoms with Crippen LogP contribution in [0.3, 0.4) is 0 Å². The Kier molecular flexibility index (Phi) is 1.51. The lowest BCUT2D eigenvalue weighted by atomic mass is 9.99. The molecule has 0 N–H and O–H groups in total. The molecule has 2 fully saturated rings. The number of rotatable bonds is 3. The highest BCUT2D eigenvalue weighted by atomic mass is 32.1. The van der Waals surface area contributed by atoms with Crippen molar-refractivity contribution in [3.63, 3.8) is 0 Å². The van der Waals surface area contributed by atoms with Crippen LogP contribution in [0.25, 0.3) is 0 Å². The summed E-state index contributed by atoms with van der Waals surface area (Å²) in [5.74, 6) is 2.86. The van der Waals surface area contributed by atoms with E-state index < -0.39 is 0 Å². The van der Waals surface area contributed by atoms with Crippen molar-refractivity contribution < 1.29 is 0 Å². The summed E-state index contributed by atoms with van der Waals surface area (Å²) in [6, 6.07) is 0. The predicted octanol–water partition coefficient (Wildman–Crippen LogP) is 3.05. The molecule has 12 heavy (non-hydrogen) atoms. The molecule has 2 aliphatic rings. The molecule has 0 saturated heterocycles. The summed E-state index contributed by atoms with van der Waals surface area (Å²) in [5.41, 5.74) is 0. The molecule has 0 radical (unpaired) electrons. The fraction of sp³-hybridized carbons (Fsp3) is 0.700. The first-order chi connectivity index (χ1) is 5.95. The van der Waals surface area contributed by atoms with Crippen LogP contribution in [0.4, 0.5) is 0 Å². The third-order valence-electron chi connectivity index (χ3n) is 3.00. The average molecular weight is 179 g/mol. The minimum atomic E-state index is 0.852. The lowest BCUT2D eigenvalue weighted by Gasteiger charge is -2.10. The van der Waals surface area contributed by atoms with Crippen LogP contribution >= 0.6 is 11.3 Å². The molecular formula is C10H13NS. The summed E-state index contributed by atoms with van der Waals surface area (Å²) in [6.45, 7) is 0. The van der Waals surface area contributed by atoms with Crippen molar-refractivity contribution >= 4 is 11.3 Å². The summed E-state index contributed by atoms with van der Waals surface area (Å²) in [6.07, 6.45) is 7.79. The maximum Gasteiger partial charge on any atom is 0.0961 e. The fourth-order valence-electron chi connectivity index (χ4n) is 2.10. The van der Waals surface area contributed by atoms with Gasteiger partial charge in [0.15, 0.2) is 0 Å². The zero-order valence-corrected chi connectivity index (χ0v) is 7.89. The second kappa shape index (κ2) is 2.56. The molecule has 0 unspecified atom stereocenters. The van der Waals surface area contributed by atoms with Gasteiger partial charge in [0.1, 0.15) is 0 Å². The van der Waals surface area contributed by atoms with Gasteiger partial charge in [-0.25, -0.2) is 4.98 Å². The summed E-state index contributed by atoms with van der Waals surface area (Å²) in [4.78, 5) is 4.46. The van der Waals surface area contributed by atoms with E-state index in [2.05, 4.69) is 10.4 Å². The Balaban J connectivity index is 1.85. The van der Waals surface area contributed by atoms with E-state index >= 15 is 0 Å². The Labute approximate surface area is 76.8 Å². The third kappa shape index (κ3) is 1.18. The van der Waals surface area contributed by atoms with Gasteiger partial charge >= 0.3 is 0 Å². The molecule has 64 valence electrons. The Morgan fingerprint density at radius 3 is 2.33 bits per heavy atom. The molecule has 1 heterocycles. The van der Waals surface area contributed by atoms with Crippen LogP contribution in [0.2, 0.25) is 0 Å². The number of nitrogens with zero attached hydrogens (tertiary/aromatic N) is 1. The molecule has 2 saturated carbocycles. The van der Waals surface area contributed by atoms with Gasteiger partial charge in [0, 0.05) is 17.5 Å². The molecular weight excluding hydrogens is 166 g/mol. The molecule has 0 aromatic carbocycles. The van der Waals surface area contributed by atoms with Crippen LogP contribution in [0.5, 0.6) is 0 Å². The van der Waals surface area contributed by atoms with Gasteiger partial charge < -0.3 is 0 Å². The highest BCUT2D eigenvalue weighted by Gasteiger charge is 2.43. The van der Waals surface area contributed by atoms with Gasteiger partial charge in [-0.15, -0.1) is 11.3 Å². The van der Waals surface area contributed by atoms with E-state index in [-0.39, 0.29) is 0 Å². The molecule has 0 bridgehead atoms.